The van der Waals surface area contributed by atoms with Crippen molar-refractivity contribution >= 4 is 17.4 Å². The van der Waals surface area contributed by atoms with Gasteiger partial charge in [-0.05, 0) is 31.9 Å². The lowest BCUT2D eigenvalue weighted by Crippen LogP contribution is -2.14. The van der Waals surface area contributed by atoms with Crippen molar-refractivity contribution in [3.05, 3.63) is 29.3 Å². The number of carbonyl (C=O) groups excluding carboxylic acids is 2. The van der Waals surface area contributed by atoms with Gasteiger partial charge in [-0.25, -0.2) is 0 Å². The Hall–Kier alpha value is -1.64. The quantitative estimate of drug-likeness (QED) is 0.694. The van der Waals surface area contributed by atoms with Gasteiger partial charge in [-0.3, -0.25) is 9.59 Å². The number of nitrogens with one attached hydrogen (secondary N) is 1. The third-order valence-corrected chi connectivity index (χ3v) is 4.56. The number of hydrogen-bond donors (Lipinski definition) is 1. The zero-order valence-corrected chi connectivity index (χ0v) is 14.3. The molecule has 0 atom stereocenters. The third-order valence-electron chi connectivity index (χ3n) is 4.56. The van der Waals surface area contributed by atoms with E-state index in [1.54, 1.807) is 0 Å². The molecule has 0 radical (unpaired) electrons. The molecule has 0 aromatic heterocycles. The maximum Gasteiger partial charge on any atom is 0.224 e. The minimum absolute atomic E-state index is 0.0231. The van der Waals surface area contributed by atoms with Gasteiger partial charge in [0.05, 0.1) is 5.69 Å². The second-order valence-electron chi connectivity index (χ2n) is 6.70. The number of benzene rings is 1. The molecule has 1 aromatic carbocycles. The van der Waals surface area contributed by atoms with Crippen LogP contribution in [0, 0.1) is 6.92 Å². The van der Waals surface area contributed by atoms with Crippen LogP contribution in [0.25, 0.3) is 0 Å². The molecule has 0 fully saturated rings. The number of amides is 1. The molecule has 0 bridgehead atoms. The molecule has 1 aliphatic heterocycles. The molecule has 0 aliphatic carbocycles. The highest BCUT2D eigenvalue weighted by Gasteiger charge is 2.14. The highest BCUT2D eigenvalue weighted by molar-refractivity contribution is 6.05. The lowest BCUT2D eigenvalue weighted by molar-refractivity contribution is -0.116. The minimum atomic E-state index is 0.0231. The summed E-state index contributed by atoms with van der Waals surface area (Å²) < 4.78 is 0. The van der Waals surface area contributed by atoms with Crippen LogP contribution in [0.4, 0.5) is 5.69 Å². The van der Waals surface area contributed by atoms with E-state index in [0.717, 1.165) is 31.2 Å². The van der Waals surface area contributed by atoms with Crippen molar-refractivity contribution in [2.75, 3.05) is 5.32 Å². The number of aryl methyl sites for hydroxylation is 1. The predicted octanol–water partition coefficient (Wildman–Crippen LogP) is 5.42. The summed E-state index contributed by atoms with van der Waals surface area (Å²) in [6.45, 7) is 1.98. The molecule has 0 spiro atoms. The Balaban J connectivity index is 2.09. The fourth-order valence-corrected chi connectivity index (χ4v) is 3.15. The smallest absolute Gasteiger partial charge is 0.224 e. The summed E-state index contributed by atoms with van der Waals surface area (Å²) in [6.07, 6.45) is 11.5. The van der Waals surface area contributed by atoms with E-state index in [9.17, 15) is 9.59 Å². The van der Waals surface area contributed by atoms with Gasteiger partial charge in [-0.2, -0.15) is 0 Å². The first-order valence-electron chi connectivity index (χ1n) is 9.10. The molecule has 0 saturated heterocycles. The Morgan fingerprint density at radius 1 is 0.783 bits per heavy atom. The van der Waals surface area contributed by atoms with Gasteiger partial charge in [-0.15, -0.1) is 0 Å². The van der Waals surface area contributed by atoms with Crippen molar-refractivity contribution in [2.45, 2.75) is 77.6 Å². The monoisotopic (exact) mass is 315 g/mol. The van der Waals surface area contributed by atoms with Crippen molar-refractivity contribution in [3.8, 4) is 0 Å². The number of fused-ring (bicyclic) bond motifs is 1. The standard InChI is InChI=1S/C20H29NO2/c1-16-13-14-18-17(15-16)19(22)11-9-7-5-3-2-4-6-8-10-12-20(23)21-18/h13-15H,2-12H2,1H3,(H,21,23). The molecule has 1 N–H and O–H groups in total. The highest BCUT2D eigenvalue weighted by atomic mass is 16.1. The third kappa shape index (κ3) is 6.17. The largest absolute Gasteiger partial charge is 0.325 e. The lowest BCUT2D eigenvalue weighted by Gasteiger charge is -2.12. The van der Waals surface area contributed by atoms with Crippen LogP contribution in [0.1, 0.15) is 86.6 Å². The van der Waals surface area contributed by atoms with Gasteiger partial charge < -0.3 is 5.32 Å². The molecule has 1 aromatic rings. The summed E-state index contributed by atoms with van der Waals surface area (Å²) >= 11 is 0. The lowest BCUT2D eigenvalue weighted by atomic mass is 9.99. The van der Waals surface area contributed by atoms with Gasteiger partial charge in [0.15, 0.2) is 5.78 Å². The Kier molecular flexibility index (Phi) is 7.31. The normalized spacial score (nSPS) is 19.0. The number of ketones is 1. The summed E-state index contributed by atoms with van der Waals surface area (Å²) in [5, 5.41) is 2.94. The predicted molar refractivity (Wildman–Crippen MR) is 94.9 cm³/mol. The Morgan fingerprint density at radius 3 is 2.00 bits per heavy atom. The first-order chi connectivity index (χ1) is 11.2. The van der Waals surface area contributed by atoms with E-state index in [-0.39, 0.29) is 11.7 Å². The Morgan fingerprint density at radius 2 is 1.35 bits per heavy atom. The molecule has 0 unspecified atom stereocenters. The molecule has 23 heavy (non-hydrogen) atoms. The molecule has 3 heteroatoms. The number of Topliss-reactive ketones (excluding diaryl/α,β-unsaturated/α-hetero) is 1. The van der Waals surface area contributed by atoms with Gasteiger partial charge in [0.2, 0.25) is 5.91 Å². The van der Waals surface area contributed by atoms with E-state index in [2.05, 4.69) is 5.32 Å². The second-order valence-corrected chi connectivity index (χ2v) is 6.70. The van der Waals surface area contributed by atoms with Crippen LogP contribution >= 0.6 is 0 Å². The second kappa shape index (κ2) is 9.49. The first-order valence-corrected chi connectivity index (χ1v) is 9.10. The first kappa shape index (κ1) is 17.7. The van der Waals surface area contributed by atoms with Crippen molar-refractivity contribution in [1.82, 2.24) is 0 Å². The SMILES string of the molecule is Cc1ccc2c(c1)C(=O)CCCCCCCCCCCC(=O)N2. The van der Waals surface area contributed by atoms with Gasteiger partial charge in [0.25, 0.3) is 0 Å². The summed E-state index contributed by atoms with van der Waals surface area (Å²) in [4.78, 5) is 24.6. The fourth-order valence-electron chi connectivity index (χ4n) is 3.15. The topological polar surface area (TPSA) is 46.2 Å². The minimum Gasteiger partial charge on any atom is -0.325 e. The van der Waals surface area contributed by atoms with Crippen molar-refractivity contribution in [2.24, 2.45) is 0 Å². The molecule has 126 valence electrons. The van der Waals surface area contributed by atoms with E-state index in [1.165, 1.54) is 32.1 Å². The van der Waals surface area contributed by atoms with E-state index in [4.69, 9.17) is 0 Å². The van der Waals surface area contributed by atoms with Crippen LogP contribution in [-0.2, 0) is 4.79 Å². The molecular formula is C20H29NO2. The van der Waals surface area contributed by atoms with Crippen molar-refractivity contribution in [3.63, 3.8) is 0 Å². The zero-order chi connectivity index (χ0) is 16.5. The average Bonchev–Trinajstić information content (AvgIpc) is 2.53. The highest BCUT2D eigenvalue weighted by Crippen LogP contribution is 2.22. The van der Waals surface area contributed by atoms with E-state index < -0.39 is 0 Å². The van der Waals surface area contributed by atoms with Crippen molar-refractivity contribution < 1.29 is 9.59 Å². The van der Waals surface area contributed by atoms with Crippen molar-refractivity contribution in [1.29, 1.82) is 0 Å². The van der Waals surface area contributed by atoms with Crippen LogP contribution < -0.4 is 5.32 Å². The van der Waals surface area contributed by atoms with E-state index >= 15 is 0 Å². The molecule has 1 heterocycles. The fraction of sp³-hybridized carbons (Fsp3) is 0.600. The average molecular weight is 315 g/mol. The number of hydrogen-bond acceptors (Lipinski definition) is 2. The van der Waals surface area contributed by atoms with Gasteiger partial charge in [-0.1, -0.05) is 56.6 Å². The van der Waals surface area contributed by atoms with Crippen LogP contribution in [0.5, 0.6) is 0 Å². The summed E-state index contributed by atoms with van der Waals surface area (Å²) in [5.41, 5.74) is 2.41. The maximum absolute atomic E-state index is 12.5. The number of carbonyl (C=O) groups is 2. The number of anilines is 1. The molecular weight excluding hydrogens is 286 g/mol. The van der Waals surface area contributed by atoms with Gasteiger partial charge in [0, 0.05) is 18.4 Å². The Bertz CT molecular complexity index is 536. The van der Waals surface area contributed by atoms with E-state index in [0.29, 0.717) is 24.1 Å². The van der Waals surface area contributed by atoms with E-state index in [1.807, 2.05) is 25.1 Å². The Labute approximate surface area is 139 Å². The van der Waals surface area contributed by atoms with Crippen LogP contribution in [0.15, 0.2) is 18.2 Å². The summed E-state index contributed by atoms with van der Waals surface area (Å²) in [6, 6.07) is 5.72. The number of rotatable bonds is 0. The summed E-state index contributed by atoms with van der Waals surface area (Å²) in [7, 11) is 0. The maximum atomic E-state index is 12.5. The van der Waals surface area contributed by atoms with Gasteiger partial charge in [0.1, 0.15) is 0 Å². The molecule has 1 aliphatic rings. The summed E-state index contributed by atoms with van der Waals surface area (Å²) in [5.74, 6) is 0.172. The molecule has 0 saturated carbocycles. The van der Waals surface area contributed by atoms with Crippen LogP contribution in [0.2, 0.25) is 0 Å². The zero-order valence-electron chi connectivity index (χ0n) is 14.3. The van der Waals surface area contributed by atoms with Crippen LogP contribution in [0.3, 0.4) is 0 Å². The van der Waals surface area contributed by atoms with Gasteiger partial charge >= 0.3 is 0 Å². The molecule has 2 rings (SSSR count). The van der Waals surface area contributed by atoms with Crippen LogP contribution in [-0.4, -0.2) is 11.7 Å². The molecule has 3 nitrogen and oxygen atoms in total. The molecule has 1 amide bonds.